The van der Waals surface area contributed by atoms with Crippen LogP contribution in [0.3, 0.4) is 0 Å². The zero-order valence-corrected chi connectivity index (χ0v) is 13.9. The highest BCUT2D eigenvalue weighted by atomic mass is 35.5. The molecule has 9 heteroatoms. The summed E-state index contributed by atoms with van der Waals surface area (Å²) in [5.41, 5.74) is 0.462. The van der Waals surface area contributed by atoms with Gasteiger partial charge in [-0.3, -0.25) is 14.9 Å². The van der Waals surface area contributed by atoms with Crippen molar-refractivity contribution in [3.63, 3.8) is 0 Å². The zero-order chi connectivity index (χ0) is 17.3. The van der Waals surface area contributed by atoms with Crippen LogP contribution in [0.15, 0.2) is 18.2 Å². The number of anilines is 2. The van der Waals surface area contributed by atoms with Crippen LogP contribution in [0.25, 0.3) is 0 Å². The minimum absolute atomic E-state index is 0.0137. The Balaban J connectivity index is 1.69. The highest BCUT2D eigenvalue weighted by molar-refractivity contribution is 6.31. The van der Waals surface area contributed by atoms with Gasteiger partial charge in [0.15, 0.2) is 0 Å². The number of carbonyl (C=O) groups is 2. The highest BCUT2D eigenvalue weighted by Gasteiger charge is 2.30. The van der Waals surface area contributed by atoms with Crippen LogP contribution < -0.4 is 15.4 Å². The second-order valence-corrected chi connectivity index (χ2v) is 5.88. The van der Waals surface area contributed by atoms with Gasteiger partial charge in [-0.25, -0.2) is 4.68 Å². The van der Waals surface area contributed by atoms with Crippen LogP contribution in [-0.4, -0.2) is 33.7 Å². The third-order valence-corrected chi connectivity index (χ3v) is 3.88. The van der Waals surface area contributed by atoms with Gasteiger partial charge in [0.2, 0.25) is 17.8 Å². The predicted octanol–water partition coefficient (Wildman–Crippen LogP) is 1.85. The number of hydrogen-bond acceptors (Lipinski definition) is 5. The van der Waals surface area contributed by atoms with Gasteiger partial charge in [-0.15, -0.1) is 0 Å². The molecule has 0 radical (unpaired) electrons. The molecule has 2 amide bonds. The summed E-state index contributed by atoms with van der Waals surface area (Å²) in [6, 6.07) is 4.92. The Bertz CT molecular complexity index is 804. The number of ether oxygens (including phenoxy) is 1. The largest absolute Gasteiger partial charge is 0.495 e. The van der Waals surface area contributed by atoms with Gasteiger partial charge in [-0.2, -0.15) is 10.1 Å². The molecule has 0 bridgehead atoms. The van der Waals surface area contributed by atoms with Crippen molar-refractivity contribution >= 4 is 35.1 Å². The second kappa shape index (κ2) is 6.48. The molecule has 0 spiro atoms. The van der Waals surface area contributed by atoms with Gasteiger partial charge < -0.3 is 10.1 Å². The fraction of sp³-hybridized carbons (Fsp3) is 0.333. The topological polar surface area (TPSA) is 98.1 Å². The first kappa shape index (κ1) is 16.3. The summed E-state index contributed by atoms with van der Waals surface area (Å²) in [5, 5.41) is 10.0. The third-order valence-electron chi connectivity index (χ3n) is 3.64. The number of amides is 2. The molecule has 2 heterocycles. The maximum atomic E-state index is 12.3. The van der Waals surface area contributed by atoms with E-state index < -0.39 is 5.92 Å². The van der Waals surface area contributed by atoms with Gasteiger partial charge in [-0.1, -0.05) is 11.6 Å². The normalized spacial score (nSPS) is 16.3. The molecule has 1 atom stereocenters. The van der Waals surface area contributed by atoms with E-state index in [4.69, 9.17) is 16.3 Å². The fourth-order valence-corrected chi connectivity index (χ4v) is 2.71. The van der Waals surface area contributed by atoms with Crippen LogP contribution in [0.2, 0.25) is 5.02 Å². The number of carbonyl (C=O) groups excluding carboxylic acids is 2. The number of rotatable bonds is 4. The van der Waals surface area contributed by atoms with Crippen LogP contribution in [0.1, 0.15) is 12.2 Å². The molecule has 2 aromatic rings. The number of aryl methyl sites for hydroxylation is 1. The first-order valence-electron chi connectivity index (χ1n) is 7.32. The molecule has 0 aliphatic carbocycles. The number of hydrogen-bond donors (Lipinski definition) is 2. The summed E-state index contributed by atoms with van der Waals surface area (Å²) < 4.78 is 6.78. The molecule has 1 aromatic heterocycles. The number of benzene rings is 1. The van der Waals surface area contributed by atoms with Gasteiger partial charge in [0, 0.05) is 11.4 Å². The Hall–Kier alpha value is -2.61. The summed E-state index contributed by atoms with van der Waals surface area (Å²) in [7, 11) is 1.50. The lowest BCUT2D eigenvalue weighted by Gasteiger charge is -2.22. The molecule has 0 fully saturated rings. The second-order valence-electron chi connectivity index (χ2n) is 5.45. The number of methoxy groups -OCH3 is 1. The van der Waals surface area contributed by atoms with Crippen molar-refractivity contribution in [1.82, 2.24) is 14.8 Å². The van der Waals surface area contributed by atoms with Gasteiger partial charge >= 0.3 is 0 Å². The van der Waals surface area contributed by atoms with E-state index in [0.29, 0.717) is 34.8 Å². The lowest BCUT2D eigenvalue weighted by atomic mass is 10.0. The van der Waals surface area contributed by atoms with E-state index in [0.717, 1.165) is 0 Å². The molecule has 0 saturated carbocycles. The SMILES string of the molecule is COc1ccc(Cl)cc1NC(=O)C[C@H]1Cn2nc(C)nc2NC1=O. The van der Waals surface area contributed by atoms with Gasteiger partial charge in [0.1, 0.15) is 11.6 Å². The molecule has 1 aliphatic heterocycles. The van der Waals surface area contributed by atoms with E-state index in [-0.39, 0.29) is 18.2 Å². The van der Waals surface area contributed by atoms with E-state index >= 15 is 0 Å². The van der Waals surface area contributed by atoms with E-state index in [1.807, 2.05) is 0 Å². The van der Waals surface area contributed by atoms with Crippen molar-refractivity contribution < 1.29 is 14.3 Å². The molecule has 1 aliphatic rings. The Morgan fingerprint density at radius 2 is 2.33 bits per heavy atom. The summed E-state index contributed by atoms with van der Waals surface area (Å²) in [6.45, 7) is 2.05. The summed E-state index contributed by atoms with van der Waals surface area (Å²) in [4.78, 5) is 28.5. The molecule has 24 heavy (non-hydrogen) atoms. The van der Waals surface area contributed by atoms with Crippen molar-refractivity contribution in [2.45, 2.75) is 19.9 Å². The van der Waals surface area contributed by atoms with Crippen LogP contribution in [0.5, 0.6) is 5.75 Å². The van der Waals surface area contributed by atoms with E-state index in [9.17, 15) is 9.59 Å². The van der Waals surface area contributed by atoms with Crippen LogP contribution >= 0.6 is 11.6 Å². The molecule has 1 aromatic carbocycles. The summed E-state index contributed by atoms with van der Waals surface area (Å²) in [5.74, 6) is 0.391. The van der Waals surface area contributed by atoms with Crippen molar-refractivity contribution in [3.8, 4) is 5.75 Å². The monoisotopic (exact) mass is 349 g/mol. The lowest BCUT2D eigenvalue weighted by Crippen LogP contribution is -2.36. The number of nitrogens with one attached hydrogen (secondary N) is 2. The maximum absolute atomic E-state index is 12.3. The molecule has 3 rings (SSSR count). The van der Waals surface area contributed by atoms with Crippen molar-refractivity contribution in [2.24, 2.45) is 5.92 Å². The van der Waals surface area contributed by atoms with Crippen LogP contribution in [0.4, 0.5) is 11.6 Å². The van der Waals surface area contributed by atoms with E-state index in [1.54, 1.807) is 29.8 Å². The minimum atomic E-state index is -0.524. The van der Waals surface area contributed by atoms with Crippen LogP contribution in [0, 0.1) is 12.8 Å². The zero-order valence-electron chi connectivity index (χ0n) is 13.2. The maximum Gasteiger partial charge on any atom is 0.232 e. The van der Waals surface area contributed by atoms with Gasteiger partial charge in [0.25, 0.3) is 0 Å². The quantitative estimate of drug-likeness (QED) is 0.877. The molecular formula is C15H16ClN5O3. The van der Waals surface area contributed by atoms with Crippen molar-refractivity contribution in [3.05, 3.63) is 29.0 Å². The average molecular weight is 350 g/mol. The smallest absolute Gasteiger partial charge is 0.232 e. The Labute approximate surface area is 143 Å². The first-order chi connectivity index (χ1) is 11.5. The fourth-order valence-electron chi connectivity index (χ4n) is 2.54. The summed E-state index contributed by atoms with van der Waals surface area (Å²) >= 11 is 5.94. The molecular weight excluding hydrogens is 334 g/mol. The molecule has 0 unspecified atom stereocenters. The molecule has 8 nitrogen and oxygen atoms in total. The molecule has 2 N–H and O–H groups in total. The third kappa shape index (κ3) is 3.33. The average Bonchev–Trinajstić information content (AvgIpc) is 2.87. The van der Waals surface area contributed by atoms with Gasteiger partial charge in [-0.05, 0) is 25.1 Å². The number of fused-ring (bicyclic) bond motifs is 1. The summed E-state index contributed by atoms with van der Waals surface area (Å²) in [6.07, 6.45) is 0.0137. The molecule has 0 saturated heterocycles. The number of aromatic nitrogens is 3. The van der Waals surface area contributed by atoms with Crippen molar-refractivity contribution in [1.29, 1.82) is 0 Å². The Morgan fingerprint density at radius 3 is 3.08 bits per heavy atom. The first-order valence-corrected chi connectivity index (χ1v) is 7.69. The van der Waals surface area contributed by atoms with E-state index in [2.05, 4.69) is 20.7 Å². The van der Waals surface area contributed by atoms with Crippen LogP contribution in [-0.2, 0) is 16.1 Å². The van der Waals surface area contributed by atoms with Gasteiger partial charge in [0.05, 0.1) is 25.3 Å². The predicted molar refractivity (Wildman–Crippen MR) is 88.1 cm³/mol. The Morgan fingerprint density at radius 1 is 1.54 bits per heavy atom. The minimum Gasteiger partial charge on any atom is -0.495 e. The highest BCUT2D eigenvalue weighted by Crippen LogP contribution is 2.28. The standard InChI is InChI=1S/C15H16ClN5O3/c1-8-17-15-19-14(23)9(7-21(15)20-8)5-13(22)18-11-6-10(16)3-4-12(11)24-2/h3-4,6,9H,5,7H2,1-2H3,(H,18,22)(H,17,19,20,23)/t9-/m0/s1. The lowest BCUT2D eigenvalue weighted by molar-refractivity contribution is -0.126. The van der Waals surface area contributed by atoms with E-state index in [1.165, 1.54) is 7.11 Å². The van der Waals surface area contributed by atoms with Crippen molar-refractivity contribution in [2.75, 3.05) is 17.7 Å². The Kier molecular flexibility index (Phi) is 4.39. The number of halogens is 1. The molecule has 126 valence electrons. The number of nitrogens with zero attached hydrogens (tertiary/aromatic N) is 3.